The highest BCUT2D eigenvalue weighted by atomic mass is 35.5. The molecular formula is C18H19ClN2O2. The van der Waals surface area contributed by atoms with Crippen LogP contribution >= 0.6 is 11.6 Å². The summed E-state index contributed by atoms with van der Waals surface area (Å²) in [5.41, 5.74) is 2.98. The number of rotatable bonds is 4. The van der Waals surface area contributed by atoms with E-state index in [2.05, 4.69) is 5.32 Å². The van der Waals surface area contributed by atoms with Gasteiger partial charge in [0.15, 0.2) is 0 Å². The second-order valence-electron chi connectivity index (χ2n) is 5.60. The lowest BCUT2D eigenvalue weighted by molar-refractivity contribution is -0.115. The highest BCUT2D eigenvalue weighted by Gasteiger charge is 2.12. The number of hydrogen-bond donors (Lipinski definition) is 1. The molecule has 0 aromatic heterocycles. The number of nitrogens with one attached hydrogen (secondary N) is 1. The topological polar surface area (TPSA) is 49.4 Å². The lowest BCUT2D eigenvalue weighted by atomic mass is 10.1. The maximum atomic E-state index is 12.2. The number of benzene rings is 2. The summed E-state index contributed by atoms with van der Waals surface area (Å²) in [6, 6.07) is 12.6. The number of aryl methyl sites for hydroxylation is 1. The molecule has 0 atom stereocenters. The first-order valence-electron chi connectivity index (χ1n) is 7.23. The third-order valence-electron chi connectivity index (χ3n) is 3.38. The monoisotopic (exact) mass is 330 g/mol. The molecule has 0 spiro atoms. The zero-order valence-corrected chi connectivity index (χ0v) is 14.1. The van der Waals surface area contributed by atoms with Gasteiger partial charge >= 0.3 is 0 Å². The van der Waals surface area contributed by atoms with Crippen molar-refractivity contribution >= 4 is 29.1 Å². The minimum absolute atomic E-state index is 0.143. The average Bonchev–Trinajstić information content (AvgIpc) is 2.51. The Morgan fingerprint density at radius 3 is 2.35 bits per heavy atom. The minimum atomic E-state index is -0.176. The number of carbonyl (C=O) groups is 2. The zero-order valence-electron chi connectivity index (χ0n) is 13.4. The SMILES string of the molecule is Cc1ccc(CC(=O)Nc2cc(C(=O)N(C)C)ccc2Cl)cc1. The fourth-order valence-electron chi connectivity index (χ4n) is 2.10. The van der Waals surface area contributed by atoms with Crippen molar-refractivity contribution in [3.05, 3.63) is 64.2 Å². The molecule has 0 saturated carbocycles. The Bertz CT molecular complexity index is 724. The van der Waals surface area contributed by atoms with Crippen LogP contribution in [0.1, 0.15) is 21.5 Å². The quantitative estimate of drug-likeness (QED) is 0.932. The maximum absolute atomic E-state index is 12.2. The Hall–Kier alpha value is -2.33. The number of carbonyl (C=O) groups excluding carboxylic acids is 2. The molecule has 2 aromatic carbocycles. The highest BCUT2D eigenvalue weighted by molar-refractivity contribution is 6.33. The van der Waals surface area contributed by atoms with Crippen LogP contribution in [-0.2, 0) is 11.2 Å². The molecule has 0 saturated heterocycles. The van der Waals surface area contributed by atoms with Gasteiger partial charge < -0.3 is 10.2 Å². The Morgan fingerprint density at radius 1 is 1.09 bits per heavy atom. The predicted octanol–water partition coefficient (Wildman–Crippen LogP) is 3.53. The molecule has 4 nitrogen and oxygen atoms in total. The molecule has 2 aromatic rings. The Morgan fingerprint density at radius 2 is 1.74 bits per heavy atom. The van der Waals surface area contributed by atoms with Gasteiger partial charge in [-0.15, -0.1) is 0 Å². The van der Waals surface area contributed by atoms with E-state index in [1.165, 1.54) is 4.90 Å². The van der Waals surface area contributed by atoms with Gasteiger partial charge in [-0.25, -0.2) is 0 Å². The van der Waals surface area contributed by atoms with Crippen LogP contribution in [0, 0.1) is 6.92 Å². The first-order valence-corrected chi connectivity index (χ1v) is 7.61. The Labute approximate surface area is 141 Å². The number of nitrogens with zero attached hydrogens (tertiary/aromatic N) is 1. The second-order valence-corrected chi connectivity index (χ2v) is 6.01. The molecular weight excluding hydrogens is 312 g/mol. The standard InChI is InChI=1S/C18H19ClN2O2/c1-12-4-6-13(7-5-12)10-17(22)20-16-11-14(8-9-15(16)19)18(23)21(2)3/h4-9,11H,10H2,1-3H3,(H,20,22). The minimum Gasteiger partial charge on any atom is -0.345 e. The molecule has 0 bridgehead atoms. The van der Waals surface area contributed by atoms with E-state index in [9.17, 15) is 9.59 Å². The van der Waals surface area contributed by atoms with Gasteiger partial charge in [-0.05, 0) is 30.7 Å². The Balaban J connectivity index is 2.12. The average molecular weight is 331 g/mol. The third kappa shape index (κ3) is 4.57. The molecule has 0 aliphatic carbocycles. The van der Waals surface area contributed by atoms with Gasteiger partial charge in [0.25, 0.3) is 5.91 Å². The lowest BCUT2D eigenvalue weighted by Crippen LogP contribution is -2.22. The lowest BCUT2D eigenvalue weighted by Gasteiger charge is -2.13. The van der Waals surface area contributed by atoms with Gasteiger partial charge in [-0.3, -0.25) is 9.59 Å². The second kappa shape index (κ2) is 7.29. The van der Waals surface area contributed by atoms with Crippen LogP contribution in [0.2, 0.25) is 5.02 Å². The van der Waals surface area contributed by atoms with Crippen molar-refractivity contribution < 1.29 is 9.59 Å². The van der Waals surface area contributed by atoms with Crippen LogP contribution in [-0.4, -0.2) is 30.8 Å². The van der Waals surface area contributed by atoms with E-state index in [4.69, 9.17) is 11.6 Å². The molecule has 0 fully saturated rings. The molecule has 0 radical (unpaired) electrons. The van der Waals surface area contributed by atoms with E-state index in [1.54, 1.807) is 32.3 Å². The summed E-state index contributed by atoms with van der Waals surface area (Å²) in [4.78, 5) is 25.6. The molecule has 1 N–H and O–H groups in total. The molecule has 0 heterocycles. The maximum Gasteiger partial charge on any atom is 0.253 e. The Kier molecular flexibility index (Phi) is 5.40. The van der Waals surface area contributed by atoms with Crippen molar-refractivity contribution in [2.75, 3.05) is 19.4 Å². The van der Waals surface area contributed by atoms with Gasteiger partial charge in [0.2, 0.25) is 5.91 Å². The van der Waals surface area contributed by atoms with Gasteiger partial charge in [0.1, 0.15) is 0 Å². The van der Waals surface area contributed by atoms with E-state index < -0.39 is 0 Å². The normalized spacial score (nSPS) is 10.3. The van der Waals surface area contributed by atoms with E-state index in [1.807, 2.05) is 31.2 Å². The van der Waals surface area contributed by atoms with Gasteiger partial charge in [-0.1, -0.05) is 41.4 Å². The molecule has 23 heavy (non-hydrogen) atoms. The fraction of sp³-hybridized carbons (Fsp3) is 0.222. The smallest absolute Gasteiger partial charge is 0.253 e. The number of halogens is 1. The summed E-state index contributed by atoms with van der Waals surface area (Å²) < 4.78 is 0. The van der Waals surface area contributed by atoms with E-state index in [-0.39, 0.29) is 18.2 Å². The van der Waals surface area contributed by atoms with Crippen molar-refractivity contribution in [3.63, 3.8) is 0 Å². The van der Waals surface area contributed by atoms with E-state index in [0.29, 0.717) is 16.3 Å². The largest absolute Gasteiger partial charge is 0.345 e. The molecule has 2 amide bonds. The first-order chi connectivity index (χ1) is 10.9. The van der Waals surface area contributed by atoms with Crippen LogP contribution < -0.4 is 5.32 Å². The molecule has 5 heteroatoms. The molecule has 2 rings (SSSR count). The predicted molar refractivity (Wildman–Crippen MR) is 93.0 cm³/mol. The molecule has 0 unspecified atom stereocenters. The zero-order chi connectivity index (χ0) is 17.0. The van der Waals surface area contributed by atoms with Crippen LogP contribution in [0.4, 0.5) is 5.69 Å². The van der Waals surface area contributed by atoms with Crippen molar-refractivity contribution in [1.82, 2.24) is 4.90 Å². The summed E-state index contributed by atoms with van der Waals surface area (Å²) in [7, 11) is 3.35. The van der Waals surface area contributed by atoms with Crippen LogP contribution in [0.15, 0.2) is 42.5 Å². The number of anilines is 1. The van der Waals surface area contributed by atoms with E-state index >= 15 is 0 Å². The highest BCUT2D eigenvalue weighted by Crippen LogP contribution is 2.24. The summed E-state index contributed by atoms with van der Waals surface area (Å²) >= 11 is 6.11. The molecule has 0 aliphatic rings. The number of amides is 2. The third-order valence-corrected chi connectivity index (χ3v) is 3.71. The van der Waals surface area contributed by atoms with E-state index in [0.717, 1.165) is 11.1 Å². The first kappa shape index (κ1) is 17.0. The van der Waals surface area contributed by atoms with Crippen molar-refractivity contribution in [2.45, 2.75) is 13.3 Å². The van der Waals surface area contributed by atoms with Crippen LogP contribution in [0.5, 0.6) is 0 Å². The summed E-state index contributed by atoms with van der Waals surface area (Å²) in [5.74, 6) is -0.319. The summed E-state index contributed by atoms with van der Waals surface area (Å²) in [6.45, 7) is 2.00. The summed E-state index contributed by atoms with van der Waals surface area (Å²) in [5, 5.41) is 3.17. The van der Waals surface area contributed by atoms with Gasteiger partial charge in [0, 0.05) is 19.7 Å². The summed E-state index contributed by atoms with van der Waals surface area (Å²) in [6.07, 6.45) is 0.252. The van der Waals surface area contributed by atoms with Crippen LogP contribution in [0.25, 0.3) is 0 Å². The number of hydrogen-bond acceptors (Lipinski definition) is 2. The van der Waals surface area contributed by atoms with Gasteiger partial charge in [-0.2, -0.15) is 0 Å². The van der Waals surface area contributed by atoms with Crippen LogP contribution in [0.3, 0.4) is 0 Å². The van der Waals surface area contributed by atoms with Crippen molar-refractivity contribution in [2.24, 2.45) is 0 Å². The van der Waals surface area contributed by atoms with Crippen molar-refractivity contribution in [3.8, 4) is 0 Å². The van der Waals surface area contributed by atoms with Crippen molar-refractivity contribution in [1.29, 1.82) is 0 Å². The molecule has 0 aliphatic heterocycles. The fourth-order valence-corrected chi connectivity index (χ4v) is 2.26. The molecule has 120 valence electrons. The van der Waals surface area contributed by atoms with Gasteiger partial charge in [0.05, 0.1) is 17.1 Å².